The summed E-state index contributed by atoms with van der Waals surface area (Å²) in [7, 11) is 0. The molecule has 1 nitrogen and oxygen atoms in total. The molecule has 82 valence electrons. The Hall–Kier alpha value is -1.44. The maximum Gasteiger partial charge on any atom is 0.141 e. The Bertz CT molecular complexity index is 461. The van der Waals surface area contributed by atoms with Gasteiger partial charge in [-0.25, -0.2) is 4.39 Å². The normalized spacial score (nSPS) is 28.7. The number of fused-ring (bicyclic) bond motifs is 2. The van der Waals surface area contributed by atoms with Crippen molar-refractivity contribution in [3.8, 4) is 0 Å². The molecule has 1 aromatic rings. The highest BCUT2D eigenvalue weighted by Gasteiger charge is 2.41. The summed E-state index contributed by atoms with van der Waals surface area (Å²) >= 11 is 0. The molecule has 0 saturated heterocycles. The van der Waals surface area contributed by atoms with Gasteiger partial charge >= 0.3 is 0 Å². The first kappa shape index (κ1) is 9.76. The lowest BCUT2D eigenvalue weighted by atomic mass is 9.68. The van der Waals surface area contributed by atoms with Gasteiger partial charge in [0, 0.05) is 23.8 Å². The van der Waals surface area contributed by atoms with E-state index < -0.39 is 0 Å². The van der Waals surface area contributed by atoms with Crippen molar-refractivity contribution in [2.24, 2.45) is 11.8 Å². The van der Waals surface area contributed by atoms with Crippen molar-refractivity contribution in [2.45, 2.75) is 19.3 Å². The standard InChI is InChI=1S/C14H13FO/c15-14-10-6-7-11(12(16)8-10)13(14)9-4-2-1-3-5-9/h1-5,10-11H,6-8H2/t10-,11+/m1/s1. The van der Waals surface area contributed by atoms with E-state index in [2.05, 4.69) is 0 Å². The topological polar surface area (TPSA) is 17.1 Å². The van der Waals surface area contributed by atoms with Crippen LogP contribution in [0.4, 0.5) is 4.39 Å². The fraction of sp³-hybridized carbons (Fsp3) is 0.357. The van der Waals surface area contributed by atoms with Crippen LogP contribution < -0.4 is 0 Å². The molecule has 3 aliphatic rings. The summed E-state index contributed by atoms with van der Waals surface area (Å²) in [5, 5.41) is 0. The van der Waals surface area contributed by atoms with Crippen LogP contribution in [0.2, 0.25) is 0 Å². The molecule has 0 heterocycles. The zero-order chi connectivity index (χ0) is 11.1. The van der Waals surface area contributed by atoms with E-state index in [-0.39, 0.29) is 23.4 Å². The number of carbonyl (C=O) groups excluding carboxylic acids is 1. The van der Waals surface area contributed by atoms with Crippen molar-refractivity contribution in [3.05, 3.63) is 41.7 Å². The molecule has 4 rings (SSSR count). The van der Waals surface area contributed by atoms with E-state index in [4.69, 9.17) is 0 Å². The molecule has 1 saturated carbocycles. The first-order valence-electron chi connectivity index (χ1n) is 5.75. The quantitative estimate of drug-likeness (QED) is 0.703. The smallest absolute Gasteiger partial charge is 0.141 e. The van der Waals surface area contributed by atoms with E-state index in [1.807, 2.05) is 30.3 Å². The van der Waals surface area contributed by atoms with Gasteiger partial charge in [0.25, 0.3) is 0 Å². The number of ketones is 1. The molecule has 0 spiro atoms. The molecule has 0 N–H and O–H groups in total. The third-order valence-electron chi connectivity index (χ3n) is 3.69. The highest BCUT2D eigenvalue weighted by molar-refractivity contribution is 5.97. The largest absolute Gasteiger partial charge is 0.299 e. The molecule has 2 bridgehead atoms. The predicted octanol–water partition coefficient (Wildman–Crippen LogP) is 3.37. The number of Topliss-reactive ketones (excluding diaryl/α,β-unsaturated/α-hetero) is 1. The second kappa shape index (κ2) is 3.55. The number of rotatable bonds is 1. The molecule has 2 heteroatoms. The highest BCUT2D eigenvalue weighted by Crippen LogP contribution is 2.47. The molecule has 0 radical (unpaired) electrons. The van der Waals surface area contributed by atoms with Crippen LogP contribution in [0.3, 0.4) is 0 Å². The van der Waals surface area contributed by atoms with Crippen molar-refractivity contribution >= 4 is 11.4 Å². The maximum absolute atomic E-state index is 14.1. The Labute approximate surface area is 94.0 Å². The van der Waals surface area contributed by atoms with E-state index >= 15 is 0 Å². The van der Waals surface area contributed by atoms with Crippen LogP contribution in [0.25, 0.3) is 5.57 Å². The zero-order valence-corrected chi connectivity index (χ0v) is 8.95. The van der Waals surface area contributed by atoms with Gasteiger partial charge < -0.3 is 0 Å². The van der Waals surface area contributed by atoms with Crippen molar-refractivity contribution in [1.29, 1.82) is 0 Å². The Morgan fingerprint density at radius 1 is 1.12 bits per heavy atom. The number of hydrogen-bond acceptors (Lipinski definition) is 1. The van der Waals surface area contributed by atoms with Gasteiger partial charge in [0.1, 0.15) is 11.6 Å². The van der Waals surface area contributed by atoms with Crippen LogP contribution >= 0.6 is 0 Å². The molecule has 0 aromatic heterocycles. The molecular weight excluding hydrogens is 203 g/mol. The Morgan fingerprint density at radius 2 is 1.88 bits per heavy atom. The number of hydrogen-bond donors (Lipinski definition) is 0. The van der Waals surface area contributed by atoms with Crippen LogP contribution in [-0.2, 0) is 4.79 Å². The lowest BCUT2D eigenvalue weighted by molar-refractivity contribution is -0.124. The van der Waals surface area contributed by atoms with Crippen LogP contribution in [0.5, 0.6) is 0 Å². The summed E-state index contributed by atoms with van der Waals surface area (Å²) in [6, 6.07) is 9.47. The first-order chi connectivity index (χ1) is 7.77. The van der Waals surface area contributed by atoms with Gasteiger partial charge in [-0.3, -0.25) is 4.79 Å². The van der Waals surface area contributed by atoms with Gasteiger partial charge in [0.2, 0.25) is 0 Å². The Balaban J connectivity index is 2.13. The zero-order valence-electron chi connectivity index (χ0n) is 8.95. The molecule has 0 unspecified atom stereocenters. The van der Waals surface area contributed by atoms with Crippen LogP contribution in [0.15, 0.2) is 36.2 Å². The highest BCUT2D eigenvalue weighted by atomic mass is 19.1. The van der Waals surface area contributed by atoms with Crippen molar-refractivity contribution in [2.75, 3.05) is 0 Å². The van der Waals surface area contributed by atoms with E-state index in [0.717, 1.165) is 18.4 Å². The van der Waals surface area contributed by atoms with E-state index in [1.54, 1.807) is 0 Å². The lowest BCUT2D eigenvalue weighted by Gasteiger charge is -2.35. The predicted molar refractivity (Wildman–Crippen MR) is 60.3 cm³/mol. The molecular formula is C14H13FO. The minimum absolute atomic E-state index is 0.0398. The van der Waals surface area contributed by atoms with Crippen LogP contribution in [0.1, 0.15) is 24.8 Å². The second-order valence-corrected chi connectivity index (χ2v) is 4.62. The summed E-state index contributed by atoms with van der Waals surface area (Å²) < 4.78 is 14.1. The molecule has 0 amide bonds. The fourth-order valence-corrected chi connectivity index (χ4v) is 2.88. The molecule has 2 atom stereocenters. The Morgan fingerprint density at radius 3 is 2.56 bits per heavy atom. The van der Waals surface area contributed by atoms with E-state index in [1.165, 1.54) is 0 Å². The molecule has 16 heavy (non-hydrogen) atoms. The summed E-state index contributed by atoms with van der Waals surface area (Å²) in [5.74, 6) is -0.154. The number of allylic oxidation sites excluding steroid dienone is 2. The molecule has 1 fully saturated rings. The van der Waals surface area contributed by atoms with Crippen molar-refractivity contribution < 1.29 is 9.18 Å². The summed E-state index contributed by atoms with van der Waals surface area (Å²) in [5.41, 5.74) is 1.54. The minimum atomic E-state index is -0.188. The summed E-state index contributed by atoms with van der Waals surface area (Å²) in [4.78, 5) is 11.8. The first-order valence-corrected chi connectivity index (χ1v) is 5.75. The van der Waals surface area contributed by atoms with Crippen LogP contribution in [-0.4, -0.2) is 5.78 Å². The van der Waals surface area contributed by atoms with Crippen LogP contribution in [0, 0.1) is 11.8 Å². The molecule has 1 aromatic carbocycles. The summed E-state index contributed by atoms with van der Waals surface area (Å²) in [6.45, 7) is 0. The average molecular weight is 216 g/mol. The van der Waals surface area contributed by atoms with Gasteiger partial charge in [0.05, 0.1) is 0 Å². The van der Waals surface area contributed by atoms with Gasteiger partial charge in [-0.15, -0.1) is 0 Å². The Kier molecular flexibility index (Phi) is 2.16. The van der Waals surface area contributed by atoms with Gasteiger partial charge in [-0.2, -0.15) is 0 Å². The van der Waals surface area contributed by atoms with Gasteiger partial charge in [-0.1, -0.05) is 30.3 Å². The third kappa shape index (κ3) is 1.33. The average Bonchev–Trinajstić information content (AvgIpc) is 2.32. The molecule has 3 aliphatic carbocycles. The van der Waals surface area contributed by atoms with E-state index in [9.17, 15) is 9.18 Å². The summed E-state index contributed by atoms with van der Waals surface area (Å²) in [6.07, 6.45) is 2.06. The third-order valence-corrected chi connectivity index (χ3v) is 3.69. The van der Waals surface area contributed by atoms with Crippen molar-refractivity contribution in [1.82, 2.24) is 0 Å². The second-order valence-electron chi connectivity index (χ2n) is 4.62. The number of halogens is 1. The number of carbonyl (C=O) groups is 1. The van der Waals surface area contributed by atoms with Gasteiger partial charge in [0.15, 0.2) is 0 Å². The SMILES string of the molecule is O=C1C[C@H]2CC[C@@H]1C(c1ccccc1)=C2F. The monoisotopic (exact) mass is 216 g/mol. The maximum atomic E-state index is 14.1. The molecule has 0 aliphatic heterocycles. The minimum Gasteiger partial charge on any atom is -0.299 e. The number of benzene rings is 1. The lowest BCUT2D eigenvalue weighted by Crippen LogP contribution is -2.32. The van der Waals surface area contributed by atoms with E-state index in [0.29, 0.717) is 12.0 Å². The fourth-order valence-electron chi connectivity index (χ4n) is 2.88. The van der Waals surface area contributed by atoms with Crippen molar-refractivity contribution in [3.63, 3.8) is 0 Å². The van der Waals surface area contributed by atoms with Gasteiger partial charge in [-0.05, 0) is 18.4 Å².